The molecule has 0 amide bonds. The summed E-state index contributed by atoms with van der Waals surface area (Å²) in [4.78, 5) is 35.6. The maximum absolute atomic E-state index is 12.1. The first-order chi connectivity index (χ1) is 16.7. The van der Waals surface area contributed by atoms with Crippen LogP contribution in [0.5, 0.6) is 5.75 Å². The van der Waals surface area contributed by atoms with Crippen LogP contribution in [0.1, 0.15) is 31.9 Å². The molecular weight excluding hydrogens is 480 g/mol. The lowest BCUT2D eigenvalue weighted by atomic mass is 9.89. The Morgan fingerprint density at radius 3 is 2.23 bits per heavy atom. The van der Waals surface area contributed by atoms with Crippen molar-refractivity contribution in [2.24, 2.45) is 0 Å². The van der Waals surface area contributed by atoms with E-state index in [1.54, 1.807) is 18.2 Å². The predicted octanol–water partition coefficient (Wildman–Crippen LogP) is 3.54. The van der Waals surface area contributed by atoms with Crippen molar-refractivity contribution in [1.29, 1.82) is 0 Å². The SMILES string of the molecule is COC1(c2ccc(Cl)c(COc3ccccc3)c2)OCC(OC(C)=O)C(OC(C)=O)C1OC(C)=O. The fraction of sp³-hybridized carbons (Fsp3) is 0.400. The fourth-order valence-corrected chi connectivity index (χ4v) is 4.05. The first-order valence-electron chi connectivity index (χ1n) is 10.8. The number of halogens is 1. The molecule has 1 aliphatic rings. The molecule has 0 aromatic heterocycles. The monoisotopic (exact) mass is 506 g/mol. The predicted molar refractivity (Wildman–Crippen MR) is 124 cm³/mol. The van der Waals surface area contributed by atoms with Crippen LogP contribution in [0.4, 0.5) is 0 Å². The molecular formula is C25H27ClO9. The van der Waals surface area contributed by atoms with Crippen LogP contribution in [0.25, 0.3) is 0 Å². The summed E-state index contributed by atoms with van der Waals surface area (Å²) in [6.45, 7) is 3.55. The first kappa shape index (κ1) is 26.5. The quantitative estimate of drug-likeness (QED) is 0.392. The van der Waals surface area contributed by atoms with Crippen molar-refractivity contribution in [3.8, 4) is 5.75 Å². The molecule has 9 nitrogen and oxygen atoms in total. The summed E-state index contributed by atoms with van der Waals surface area (Å²) in [5.41, 5.74) is 1.04. The van der Waals surface area contributed by atoms with E-state index in [4.69, 9.17) is 40.0 Å². The van der Waals surface area contributed by atoms with Crippen molar-refractivity contribution in [3.05, 3.63) is 64.7 Å². The van der Waals surface area contributed by atoms with E-state index >= 15 is 0 Å². The Morgan fingerprint density at radius 1 is 0.971 bits per heavy atom. The van der Waals surface area contributed by atoms with E-state index in [0.717, 1.165) is 0 Å². The molecule has 188 valence electrons. The minimum atomic E-state index is -1.70. The molecule has 2 aromatic carbocycles. The molecule has 4 atom stereocenters. The summed E-state index contributed by atoms with van der Waals surface area (Å²) in [5.74, 6) is -3.00. The van der Waals surface area contributed by atoms with Gasteiger partial charge in [-0.25, -0.2) is 0 Å². The zero-order valence-corrected chi connectivity index (χ0v) is 20.6. The number of para-hydroxylation sites is 1. The Hall–Kier alpha value is -3.14. The summed E-state index contributed by atoms with van der Waals surface area (Å²) in [6, 6.07) is 14.2. The Kier molecular flexibility index (Phi) is 8.71. The van der Waals surface area contributed by atoms with Gasteiger partial charge in [0.1, 0.15) is 12.4 Å². The van der Waals surface area contributed by atoms with Gasteiger partial charge in [0.05, 0.1) is 6.61 Å². The summed E-state index contributed by atoms with van der Waals surface area (Å²) >= 11 is 6.41. The number of rotatable bonds is 8. The van der Waals surface area contributed by atoms with Gasteiger partial charge < -0.3 is 28.4 Å². The molecule has 1 aliphatic heterocycles. The molecule has 0 saturated carbocycles. The molecule has 0 radical (unpaired) electrons. The van der Waals surface area contributed by atoms with Crippen LogP contribution in [0.15, 0.2) is 48.5 Å². The highest BCUT2D eigenvalue weighted by Gasteiger charge is 2.57. The van der Waals surface area contributed by atoms with Crippen molar-refractivity contribution < 1.29 is 42.8 Å². The molecule has 10 heteroatoms. The number of ether oxygens (including phenoxy) is 6. The number of carbonyl (C=O) groups is 3. The van der Waals surface area contributed by atoms with Crippen LogP contribution in [0.3, 0.4) is 0 Å². The number of hydrogen-bond acceptors (Lipinski definition) is 9. The van der Waals surface area contributed by atoms with Gasteiger partial charge in [0.2, 0.25) is 11.9 Å². The summed E-state index contributed by atoms with van der Waals surface area (Å²) < 4.78 is 34.0. The van der Waals surface area contributed by atoms with E-state index in [-0.39, 0.29) is 13.2 Å². The van der Waals surface area contributed by atoms with E-state index in [2.05, 4.69) is 0 Å². The van der Waals surface area contributed by atoms with Crippen LogP contribution in [0.2, 0.25) is 5.02 Å². The van der Waals surface area contributed by atoms with Crippen LogP contribution in [-0.4, -0.2) is 49.9 Å². The van der Waals surface area contributed by atoms with Crippen molar-refractivity contribution in [2.75, 3.05) is 13.7 Å². The van der Waals surface area contributed by atoms with E-state index in [0.29, 0.717) is 21.9 Å². The average molecular weight is 507 g/mol. The maximum atomic E-state index is 12.1. The molecule has 3 rings (SSSR count). The highest BCUT2D eigenvalue weighted by molar-refractivity contribution is 6.31. The van der Waals surface area contributed by atoms with Crippen molar-refractivity contribution in [3.63, 3.8) is 0 Å². The Balaban J connectivity index is 2.02. The second-order valence-corrected chi connectivity index (χ2v) is 8.25. The Bertz CT molecular complexity index is 1060. The topological polar surface area (TPSA) is 107 Å². The zero-order valence-electron chi connectivity index (χ0n) is 19.8. The number of carbonyl (C=O) groups excluding carboxylic acids is 3. The van der Waals surface area contributed by atoms with E-state index in [1.165, 1.54) is 27.9 Å². The third-order valence-corrected chi connectivity index (χ3v) is 5.67. The van der Waals surface area contributed by atoms with Crippen LogP contribution in [-0.2, 0) is 50.5 Å². The smallest absolute Gasteiger partial charge is 0.303 e. The van der Waals surface area contributed by atoms with Gasteiger partial charge in [0, 0.05) is 44.0 Å². The minimum absolute atomic E-state index is 0.137. The molecule has 35 heavy (non-hydrogen) atoms. The lowest BCUT2D eigenvalue weighted by Gasteiger charge is -2.47. The molecule has 2 aromatic rings. The molecule has 0 aliphatic carbocycles. The Morgan fingerprint density at radius 2 is 1.63 bits per heavy atom. The fourth-order valence-electron chi connectivity index (χ4n) is 3.88. The lowest BCUT2D eigenvalue weighted by Crippen LogP contribution is -2.63. The van der Waals surface area contributed by atoms with Crippen LogP contribution in [0, 0.1) is 0 Å². The van der Waals surface area contributed by atoms with Gasteiger partial charge in [-0.2, -0.15) is 0 Å². The van der Waals surface area contributed by atoms with Crippen molar-refractivity contribution in [1.82, 2.24) is 0 Å². The third kappa shape index (κ3) is 6.30. The van der Waals surface area contributed by atoms with Gasteiger partial charge in [-0.15, -0.1) is 0 Å². The Labute approximate surface area is 208 Å². The van der Waals surface area contributed by atoms with Crippen LogP contribution >= 0.6 is 11.6 Å². The minimum Gasteiger partial charge on any atom is -0.489 e. The van der Waals surface area contributed by atoms with Crippen molar-refractivity contribution >= 4 is 29.5 Å². The molecule has 0 spiro atoms. The zero-order chi connectivity index (χ0) is 25.6. The van der Waals surface area contributed by atoms with Gasteiger partial charge >= 0.3 is 17.9 Å². The van der Waals surface area contributed by atoms with Crippen LogP contribution < -0.4 is 4.74 Å². The van der Waals surface area contributed by atoms with Crippen molar-refractivity contribution in [2.45, 2.75) is 51.5 Å². The summed E-state index contributed by atoms with van der Waals surface area (Å²) in [5, 5.41) is 0.435. The summed E-state index contributed by atoms with van der Waals surface area (Å²) in [7, 11) is 1.36. The van der Waals surface area contributed by atoms with Gasteiger partial charge in [-0.05, 0) is 24.3 Å². The van der Waals surface area contributed by atoms with E-state index in [9.17, 15) is 14.4 Å². The average Bonchev–Trinajstić information content (AvgIpc) is 2.81. The molecule has 4 unspecified atom stereocenters. The van der Waals surface area contributed by atoms with Gasteiger partial charge in [-0.3, -0.25) is 14.4 Å². The molecule has 1 saturated heterocycles. The summed E-state index contributed by atoms with van der Waals surface area (Å²) in [6.07, 6.45) is -3.54. The van der Waals surface area contributed by atoms with Gasteiger partial charge in [0.15, 0.2) is 12.2 Å². The third-order valence-electron chi connectivity index (χ3n) is 5.30. The number of esters is 3. The second kappa shape index (κ2) is 11.5. The largest absolute Gasteiger partial charge is 0.489 e. The lowest BCUT2D eigenvalue weighted by molar-refractivity contribution is -0.343. The molecule has 1 heterocycles. The number of benzene rings is 2. The molecule has 1 fully saturated rings. The number of methoxy groups -OCH3 is 1. The highest BCUT2D eigenvalue weighted by Crippen LogP contribution is 2.41. The van der Waals surface area contributed by atoms with Gasteiger partial charge in [-0.1, -0.05) is 35.9 Å². The highest BCUT2D eigenvalue weighted by atomic mass is 35.5. The maximum Gasteiger partial charge on any atom is 0.303 e. The molecule has 0 bridgehead atoms. The first-order valence-corrected chi connectivity index (χ1v) is 11.2. The van der Waals surface area contributed by atoms with Gasteiger partial charge in [0.25, 0.3) is 0 Å². The van der Waals surface area contributed by atoms with E-state index < -0.39 is 42.0 Å². The number of hydrogen-bond donors (Lipinski definition) is 0. The normalized spacial score (nSPS) is 23.7. The van der Waals surface area contributed by atoms with E-state index in [1.807, 2.05) is 30.3 Å². The standard InChI is InChI=1S/C25H27ClO9/c1-15(27)33-22-14-32-25(30-4,24(35-17(3)29)23(22)34-16(2)28)19-10-11-21(26)18(12-19)13-31-20-8-6-5-7-9-20/h5-12,22-24H,13-14H2,1-4H3. The molecule has 0 N–H and O–H groups in total. The second-order valence-electron chi connectivity index (χ2n) is 7.84.